The summed E-state index contributed by atoms with van der Waals surface area (Å²) in [7, 11) is 0. The standard InChI is InChI=1S/C15H24N4OS/c1-9(2)8-18-12(20)5-6-17-15-13(14(16)21)10(3)7-11(4)19-15/h7,9H,5-6,8H2,1-4H3,(H2,16,21)(H,17,19)(H,18,20). The van der Waals surface area contributed by atoms with Crippen LogP contribution in [0.4, 0.5) is 5.82 Å². The Kier molecular flexibility index (Phi) is 6.55. The Morgan fingerprint density at radius 1 is 1.43 bits per heavy atom. The van der Waals surface area contributed by atoms with Crippen molar-refractivity contribution >= 4 is 28.9 Å². The lowest BCUT2D eigenvalue weighted by Crippen LogP contribution is -2.29. The van der Waals surface area contributed by atoms with Crippen LogP contribution >= 0.6 is 12.2 Å². The number of nitrogens with one attached hydrogen (secondary N) is 2. The van der Waals surface area contributed by atoms with E-state index in [1.165, 1.54) is 0 Å². The van der Waals surface area contributed by atoms with Crippen LogP contribution in [-0.4, -0.2) is 29.0 Å². The predicted octanol–water partition coefficient (Wildman–Crippen LogP) is 1.91. The smallest absolute Gasteiger partial charge is 0.221 e. The number of amides is 1. The number of thiocarbonyl (C=S) groups is 1. The van der Waals surface area contributed by atoms with Crippen molar-refractivity contribution in [2.24, 2.45) is 11.7 Å². The molecular weight excluding hydrogens is 284 g/mol. The molecule has 0 aliphatic rings. The zero-order chi connectivity index (χ0) is 16.0. The average Bonchev–Trinajstić information content (AvgIpc) is 2.34. The molecule has 0 fully saturated rings. The number of nitrogens with zero attached hydrogens (tertiary/aromatic N) is 1. The van der Waals surface area contributed by atoms with E-state index in [-0.39, 0.29) is 5.91 Å². The maximum atomic E-state index is 11.7. The highest BCUT2D eigenvalue weighted by Gasteiger charge is 2.11. The highest BCUT2D eigenvalue weighted by molar-refractivity contribution is 7.80. The molecular formula is C15H24N4OS. The number of pyridine rings is 1. The number of aromatic nitrogens is 1. The molecule has 0 aromatic carbocycles. The van der Waals surface area contributed by atoms with Crippen LogP contribution in [0.3, 0.4) is 0 Å². The van der Waals surface area contributed by atoms with Crippen LogP contribution in [0, 0.1) is 19.8 Å². The van der Waals surface area contributed by atoms with Gasteiger partial charge in [0.1, 0.15) is 10.8 Å². The molecule has 1 aromatic rings. The molecule has 6 heteroatoms. The molecule has 1 aromatic heterocycles. The van der Waals surface area contributed by atoms with E-state index < -0.39 is 0 Å². The lowest BCUT2D eigenvalue weighted by Gasteiger charge is -2.14. The molecule has 0 saturated heterocycles. The molecule has 4 N–H and O–H groups in total. The summed E-state index contributed by atoms with van der Waals surface area (Å²) in [4.78, 5) is 16.4. The topological polar surface area (TPSA) is 80.0 Å². The molecule has 1 amide bonds. The Bertz CT molecular complexity index is 529. The van der Waals surface area contributed by atoms with Gasteiger partial charge in [-0.1, -0.05) is 26.1 Å². The van der Waals surface area contributed by atoms with Crippen LogP contribution in [0.15, 0.2) is 6.07 Å². The van der Waals surface area contributed by atoms with Crippen LogP contribution in [0.25, 0.3) is 0 Å². The van der Waals surface area contributed by atoms with Gasteiger partial charge in [0.15, 0.2) is 0 Å². The van der Waals surface area contributed by atoms with E-state index in [1.54, 1.807) is 0 Å². The number of nitrogens with two attached hydrogens (primary N) is 1. The van der Waals surface area contributed by atoms with Crippen LogP contribution in [0.1, 0.15) is 37.1 Å². The molecule has 0 aliphatic carbocycles. The summed E-state index contributed by atoms with van der Waals surface area (Å²) in [6.45, 7) is 9.17. The predicted molar refractivity (Wildman–Crippen MR) is 90.6 cm³/mol. The number of hydrogen-bond acceptors (Lipinski definition) is 4. The van der Waals surface area contributed by atoms with Gasteiger partial charge < -0.3 is 16.4 Å². The minimum Gasteiger partial charge on any atom is -0.389 e. The number of aryl methyl sites for hydroxylation is 2. The normalized spacial score (nSPS) is 10.5. The average molecular weight is 308 g/mol. The molecule has 0 atom stereocenters. The van der Waals surface area contributed by atoms with Gasteiger partial charge in [0.2, 0.25) is 5.91 Å². The number of rotatable bonds is 7. The number of carbonyl (C=O) groups is 1. The minimum absolute atomic E-state index is 0.0254. The highest BCUT2D eigenvalue weighted by atomic mass is 32.1. The molecule has 5 nitrogen and oxygen atoms in total. The van der Waals surface area contributed by atoms with E-state index in [1.807, 2.05) is 19.9 Å². The van der Waals surface area contributed by atoms with Crippen LogP contribution in [0.5, 0.6) is 0 Å². The van der Waals surface area contributed by atoms with Gasteiger partial charge in [0.25, 0.3) is 0 Å². The second-order valence-corrected chi connectivity index (χ2v) is 5.98. The lowest BCUT2D eigenvalue weighted by atomic mass is 10.1. The zero-order valence-electron chi connectivity index (χ0n) is 13.1. The summed E-state index contributed by atoms with van der Waals surface area (Å²) in [5, 5.41) is 6.03. The fourth-order valence-electron chi connectivity index (χ4n) is 1.98. The van der Waals surface area contributed by atoms with Crippen molar-refractivity contribution in [3.8, 4) is 0 Å². The second-order valence-electron chi connectivity index (χ2n) is 5.54. The summed E-state index contributed by atoms with van der Waals surface area (Å²) >= 11 is 5.07. The van der Waals surface area contributed by atoms with Crippen molar-refractivity contribution in [2.75, 3.05) is 18.4 Å². The number of anilines is 1. The van der Waals surface area contributed by atoms with Gasteiger partial charge in [-0.05, 0) is 31.4 Å². The largest absolute Gasteiger partial charge is 0.389 e. The summed E-state index contributed by atoms with van der Waals surface area (Å²) in [5.41, 5.74) is 8.37. The number of carbonyl (C=O) groups excluding carboxylic acids is 1. The Morgan fingerprint density at radius 3 is 2.67 bits per heavy atom. The molecule has 116 valence electrons. The van der Waals surface area contributed by atoms with E-state index in [0.717, 1.165) is 16.8 Å². The maximum Gasteiger partial charge on any atom is 0.221 e. The van der Waals surface area contributed by atoms with E-state index in [9.17, 15) is 4.79 Å². The third-order valence-corrected chi connectivity index (χ3v) is 3.15. The Morgan fingerprint density at radius 2 is 2.10 bits per heavy atom. The van der Waals surface area contributed by atoms with Crippen LogP contribution < -0.4 is 16.4 Å². The van der Waals surface area contributed by atoms with Gasteiger partial charge in [0.05, 0.1) is 5.56 Å². The molecule has 0 bridgehead atoms. The first-order chi connectivity index (χ1) is 9.81. The monoisotopic (exact) mass is 308 g/mol. The second kappa shape index (κ2) is 7.93. The fourth-order valence-corrected chi connectivity index (χ4v) is 2.23. The Labute approximate surface area is 131 Å². The van der Waals surface area contributed by atoms with Crippen molar-refractivity contribution in [3.63, 3.8) is 0 Å². The van der Waals surface area contributed by atoms with Crippen molar-refractivity contribution in [3.05, 3.63) is 22.9 Å². The van der Waals surface area contributed by atoms with Crippen molar-refractivity contribution < 1.29 is 4.79 Å². The van der Waals surface area contributed by atoms with Gasteiger partial charge in [0, 0.05) is 25.2 Å². The first-order valence-corrected chi connectivity index (χ1v) is 7.50. The van der Waals surface area contributed by atoms with E-state index >= 15 is 0 Å². The zero-order valence-corrected chi connectivity index (χ0v) is 13.9. The van der Waals surface area contributed by atoms with Gasteiger partial charge in [-0.25, -0.2) is 4.98 Å². The quantitative estimate of drug-likeness (QED) is 0.671. The van der Waals surface area contributed by atoms with Crippen LogP contribution in [0.2, 0.25) is 0 Å². The first kappa shape index (κ1) is 17.4. The van der Waals surface area contributed by atoms with Crippen LogP contribution in [-0.2, 0) is 4.79 Å². The van der Waals surface area contributed by atoms with Gasteiger partial charge in [-0.3, -0.25) is 4.79 Å². The van der Waals surface area contributed by atoms with Crippen molar-refractivity contribution in [2.45, 2.75) is 34.1 Å². The molecule has 0 spiro atoms. The van der Waals surface area contributed by atoms with Gasteiger partial charge in [-0.15, -0.1) is 0 Å². The van der Waals surface area contributed by atoms with Gasteiger partial charge in [-0.2, -0.15) is 0 Å². The highest BCUT2D eigenvalue weighted by Crippen LogP contribution is 2.18. The molecule has 0 unspecified atom stereocenters. The van der Waals surface area contributed by atoms with E-state index in [0.29, 0.717) is 36.2 Å². The number of hydrogen-bond donors (Lipinski definition) is 3. The Hall–Kier alpha value is -1.69. The molecule has 1 rings (SSSR count). The molecule has 0 saturated carbocycles. The molecule has 21 heavy (non-hydrogen) atoms. The summed E-state index contributed by atoms with van der Waals surface area (Å²) in [5.74, 6) is 1.12. The summed E-state index contributed by atoms with van der Waals surface area (Å²) < 4.78 is 0. The summed E-state index contributed by atoms with van der Waals surface area (Å²) in [6.07, 6.45) is 0.387. The van der Waals surface area contributed by atoms with Crippen molar-refractivity contribution in [1.82, 2.24) is 10.3 Å². The first-order valence-electron chi connectivity index (χ1n) is 7.10. The Balaban J connectivity index is 2.63. The molecule has 0 radical (unpaired) electrons. The van der Waals surface area contributed by atoms with Crippen molar-refractivity contribution in [1.29, 1.82) is 0 Å². The fraction of sp³-hybridized carbons (Fsp3) is 0.533. The minimum atomic E-state index is 0.0254. The lowest BCUT2D eigenvalue weighted by molar-refractivity contribution is -0.120. The maximum absolute atomic E-state index is 11.7. The third kappa shape index (κ3) is 5.67. The third-order valence-electron chi connectivity index (χ3n) is 2.94. The summed E-state index contributed by atoms with van der Waals surface area (Å²) in [6, 6.07) is 1.94. The molecule has 1 heterocycles. The van der Waals surface area contributed by atoms with E-state index in [4.69, 9.17) is 18.0 Å². The van der Waals surface area contributed by atoms with E-state index in [2.05, 4.69) is 29.5 Å². The SMILES string of the molecule is Cc1cc(C)c(C(N)=S)c(NCCC(=O)NCC(C)C)n1. The molecule has 0 aliphatic heterocycles. The van der Waals surface area contributed by atoms with Gasteiger partial charge >= 0.3 is 0 Å².